The molecule has 0 amide bonds. The second-order valence-electron chi connectivity index (χ2n) is 4.13. The van der Waals surface area contributed by atoms with Gasteiger partial charge in [-0.3, -0.25) is 0 Å². The predicted molar refractivity (Wildman–Crippen MR) is 75.9 cm³/mol. The van der Waals surface area contributed by atoms with Crippen molar-refractivity contribution in [3.8, 4) is 0 Å². The first-order valence-electron chi connectivity index (χ1n) is 5.82. The van der Waals surface area contributed by atoms with E-state index in [4.69, 9.17) is 11.6 Å². The Kier molecular flexibility index (Phi) is 4.05. The fourth-order valence-corrected chi connectivity index (χ4v) is 2.01. The van der Waals surface area contributed by atoms with Crippen molar-refractivity contribution < 1.29 is 0 Å². The summed E-state index contributed by atoms with van der Waals surface area (Å²) in [6.45, 7) is 7.17. The second-order valence-corrected chi connectivity index (χ2v) is 4.57. The number of halogens is 1. The number of benzene rings is 1. The number of allylic oxidation sites excluding steroid dienone is 1. The van der Waals surface area contributed by atoms with Gasteiger partial charge in [-0.15, -0.1) is 6.58 Å². The van der Waals surface area contributed by atoms with Gasteiger partial charge in [0.25, 0.3) is 0 Å². The number of aromatic nitrogens is 2. The lowest BCUT2D eigenvalue weighted by Gasteiger charge is -2.08. The van der Waals surface area contributed by atoms with Crippen LogP contribution in [0.5, 0.6) is 0 Å². The molecule has 2 aromatic rings. The zero-order valence-corrected chi connectivity index (χ0v) is 11.1. The Bertz CT molecular complexity index is 546. The van der Waals surface area contributed by atoms with E-state index in [1.54, 1.807) is 0 Å². The quantitative estimate of drug-likeness (QED) is 0.833. The van der Waals surface area contributed by atoms with Gasteiger partial charge in [0.1, 0.15) is 0 Å². The van der Waals surface area contributed by atoms with Crippen molar-refractivity contribution in [3.63, 3.8) is 0 Å². The number of rotatable bonds is 5. The van der Waals surface area contributed by atoms with Gasteiger partial charge in [0, 0.05) is 24.3 Å². The van der Waals surface area contributed by atoms with E-state index in [0.717, 1.165) is 28.8 Å². The van der Waals surface area contributed by atoms with Crippen LogP contribution in [0.3, 0.4) is 0 Å². The van der Waals surface area contributed by atoms with Crippen LogP contribution in [-0.2, 0) is 13.1 Å². The molecule has 0 atom stereocenters. The molecule has 0 unspecified atom stereocenters. The fraction of sp³-hybridized carbons (Fsp3) is 0.214. The molecule has 0 fully saturated rings. The monoisotopic (exact) mass is 261 g/mol. The van der Waals surface area contributed by atoms with Crippen LogP contribution in [0.4, 0.5) is 5.95 Å². The molecule has 1 N–H and O–H groups in total. The lowest BCUT2D eigenvalue weighted by Crippen LogP contribution is -2.06. The number of imidazole rings is 1. The molecule has 3 nitrogen and oxygen atoms in total. The Morgan fingerprint density at radius 2 is 2.33 bits per heavy atom. The van der Waals surface area contributed by atoms with Crippen LogP contribution in [0.15, 0.2) is 43.1 Å². The normalized spacial score (nSPS) is 10.3. The number of nitrogens with one attached hydrogen (secondary N) is 1. The third-order valence-corrected chi connectivity index (χ3v) is 2.80. The van der Waals surface area contributed by atoms with Crippen molar-refractivity contribution in [3.05, 3.63) is 59.4 Å². The summed E-state index contributed by atoms with van der Waals surface area (Å²) in [6.07, 6.45) is 3.85. The summed E-state index contributed by atoms with van der Waals surface area (Å²) < 4.78 is 2.03. The summed E-state index contributed by atoms with van der Waals surface area (Å²) in [6, 6.07) is 7.80. The van der Waals surface area contributed by atoms with E-state index in [2.05, 4.69) is 16.9 Å². The lowest BCUT2D eigenvalue weighted by molar-refractivity contribution is 0.819. The molecule has 0 aliphatic heterocycles. The minimum absolute atomic E-state index is 0.703. The van der Waals surface area contributed by atoms with Gasteiger partial charge in [-0.1, -0.05) is 29.8 Å². The maximum atomic E-state index is 5.95. The van der Waals surface area contributed by atoms with Gasteiger partial charge in [0.2, 0.25) is 5.95 Å². The molecule has 0 spiro atoms. The van der Waals surface area contributed by atoms with Crippen molar-refractivity contribution in [1.29, 1.82) is 0 Å². The zero-order chi connectivity index (χ0) is 13.0. The Hall–Kier alpha value is -1.74. The van der Waals surface area contributed by atoms with Crippen molar-refractivity contribution in [2.24, 2.45) is 0 Å². The van der Waals surface area contributed by atoms with E-state index in [-0.39, 0.29) is 0 Å². The third-order valence-electron chi connectivity index (χ3n) is 2.56. The Morgan fingerprint density at radius 1 is 1.50 bits per heavy atom. The summed E-state index contributed by atoms with van der Waals surface area (Å²) in [5.41, 5.74) is 2.12. The van der Waals surface area contributed by atoms with E-state index in [1.807, 2.05) is 48.0 Å². The second kappa shape index (κ2) is 5.74. The minimum Gasteiger partial charge on any atom is -0.352 e. The molecule has 2 rings (SSSR count). The highest BCUT2D eigenvalue weighted by atomic mass is 35.5. The number of nitrogens with zero attached hydrogens (tertiary/aromatic N) is 2. The maximum Gasteiger partial charge on any atom is 0.203 e. The van der Waals surface area contributed by atoms with Gasteiger partial charge in [-0.25, -0.2) is 4.98 Å². The smallest absolute Gasteiger partial charge is 0.203 e. The first-order valence-corrected chi connectivity index (χ1v) is 6.20. The van der Waals surface area contributed by atoms with Gasteiger partial charge < -0.3 is 9.88 Å². The molecular weight excluding hydrogens is 246 g/mol. The largest absolute Gasteiger partial charge is 0.352 e. The third kappa shape index (κ3) is 3.14. The fourth-order valence-electron chi connectivity index (χ4n) is 1.79. The first-order chi connectivity index (χ1) is 8.69. The maximum absolute atomic E-state index is 5.95. The molecule has 1 aromatic heterocycles. The number of aryl methyl sites for hydroxylation is 1. The molecule has 18 heavy (non-hydrogen) atoms. The average molecular weight is 262 g/mol. The van der Waals surface area contributed by atoms with E-state index >= 15 is 0 Å². The number of hydrogen-bond acceptors (Lipinski definition) is 2. The minimum atomic E-state index is 0.703. The van der Waals surface area contributed by atoms with Crippen LogP contribution in [0.25, 0.3) is 0 Å². The van der Waals surface area contributed by atoms with E-state index in [0.29, 0.717) is 6.54 Å². The van der Waals surface area contributed by atoms with Gasteiger partial charge in [-0.05, 0) is 24.6 Å². The highest BCUT2D eigenvalue weighted by Gasteiger charge is 2.03. The van der Waals surface area contributed by atoms with Gasteiger partial charge in [-0.2, -0.15) is 0 Å². The molecule has 0 saturated heterocycles. The summed E-state index contributed by atoms with van der Waals surface area (Å²) in [5, 5.41) is 4.06. The van der Waals surface area contributed by atoms with Crippen molar-refractivity contribution in [1.82, 2.24) is 9.55 Å². The zero-order valence-electron chi connectivity index (χ0n) is 10.4. The number of hydrogen-bond donors (Lipinski definition) is 1. The Labute approximate surface area is 112 Å². The topological polar surface area (TPSA) is 29.9 Å². The molecule has 94 valence electrons. The summed E-state index contributed by atoms with van der Waals surface area (Å²) >= 11 is 5.95. The van der Waals surface area contributed by atoms with Gasteiger partial charge in [0.15, 0.2) is 0 Å². The SMILES string of the molecule is C=CCn1cc(C)nc1NCc1cccc(Cl)c1. The van der Waals surface area contributed by atoms with Crippen LogP contribution < -0.4 is 5.32 Å². The Morgan fingerprint density at radius 3 is 3.06 bits per heavy atom. The van der Waals surface area contributed by atoms with E-state index in [9.17, 15) is 0 Å². The molecule has 1 heterocycles. The molecule has 0 saturated carbocycles. The van der Waals surface area contributed by atoms with Crippen LogP contribution in [-0.4, -0.2) is 9.55 Å². The van der Waals surface area contributed by atoms with Crippen molar-refractivity contribution in [2.45, 2.75) is 20.0 Å². The molecule has 0 radical (unpaired) electrons. The van der Waals surface area contributed by atoms with Gasteiger partial charge >= 0.3 is 0 Å². The summed E-state index contributed by atoms with van der Waals surface area (Å²) in [4.78, 5) is 4.44. The van der Waals surface area contributed by atoms with E-state index < -0.39 is 0 Å². The van der Waals surface area contributed by atoms with Crippen molar-refractivity contribution >= 4 is 17.5 Å². The van der Waals surface area contributed by atoms with Crippen LogP contribution in [0.1, 0.15) is 11.3 Å². The standard InChI is InChI=1S/C14H16ClN3/c1-3-7-18-10-11(2)17-14(18)16-9-12-5-4-6-13(15)8-12/h3-6,8,10H,1,7,9H2,2H3,(H,16,17). The van der Waals surface area contributed by atoms with Gasteiger partial charge in [0.05, 0.1) is 5.69 Å². The lowest BCUT2D eigenvalue weighted by atomic mass is 10.2. The highest BCUT2D eigenvalue weighted by molar-refractivity contribution is 6.30. The van der Waals surface area contributed by atoms with Crippen LogP contribution in [0.2, 0.25) is 5.02 Å². The molecule has 0 aliphatic rings. The predicted octanol–water partition coefficient (Wildman–Crippen LogP) is 3.64. The molecule has 0 bridgehead atoms. The average Bonchev–Trinajstić information content (AvgIpc) is 2.68. The molecular formula is C14H16ClN3. The molecule has 0 aliphatic carbocycles. The molecule has 1 aromatic carbocycles. The number of anilines is 1. The van der Waals surface area contributed by atoms with Crippen molar-refractivity contribution in [2.75, 3.05) is 5.32 Å². The van der Waals surface area contributed by atoms with Crippen LogP contribution >= 0.6 is 11.6 Å². The first kappa shape index (κ1) is 12.7. The van der Waals surface area contributed by atoms with Crippen LogP contribution in [0, 0.1) is 6.92 Å². The molecule has 4 heteroatoms. The Balaban J connectivity index is 2.07. The summed E-state index contributed by atoms with van der Waals surface area (Å²) in [5.74, 6) is 0.854. The summed E-state index contributed by atoms with van der Waals surface area (Å²) in [7, 11) is 0. The highest BCUT2D eigenvalue weighted by Crippen LogP contribution is 2.13. The van der Waals surface area contributed by atoms with E-state index in [1.165, 1.54) is 0 Å².